The third-order valence-electron chi connectivity index (χ3n) is 3.31. The van der Waals surface area contributed by atoms with E-state index in [9.17, 15) is 9.59 Å². The van der Waals surface area contributed by atoms with Gasteiger partial charge in [0.1, 0.15) is 0 Å². The van der Waals surface area contributed by atoms with Gasteiger partial charge in [-0.2, -0.15) is 0 Å². The molecule has 2 aromatic rings. The third-order valence-corrected chi connectivity index (χ3v) is 5.09. The summed E-state index contributed by atoms with van der Waals surface area (Å²) in [6, 6.07) is 15.0. The van der Waals surface area contributed by atoms with E-state index in [1.54, 1.807) is 36.8 Å². The van der Waals surface area contributed by atoms with Crippen LogP contribution in [0.1, 0.15) is 10.4 Å². The van der Waals surface area contributed by atoms with E-state index in [1.807, 2.05) is 48.7 Å². The van der Waals surface area contributed by atoms with E-state index in [0.717, 1.165) is 15.5 Å². The van der Waals surface area contributed by atoms with E-state index in [-0.39, 0.29) is 11.8 Å². The van der Waals surface area contributed by atoms with Crippen molar-refractivity contribution in [3.8, 4) is 0 Å². The Morgan fingerprint density at radius 3 is 2.54 bits per heavy atom. The second-order valence-electron chi connectivity index (χ2n) is 5.26. The predicted molar refractivity (Wildman–Crippen MR) is 102 cm³/mol. The summed E-state index contributed by atoms with van der Waals surface area (Å²) in [5, 5.41) is 2.92. The number of hydrogen-bond donors (Lipinski definition) is 1. The molecule has 0 aromatic heterocycles. The highest BCUT2D eigenvalue weighted by Gasteiger charge is 2.13. The predicted octanol–water partition coefficient (Wildman–Crippen LogP) is 3.84. The number of carbonyl (C=O) groups is 2. The maximum absolute atomic E-state index is 12.6. The standard InChI is InChI=1S/C18H20N2O2S2/c1-20(2)17(21)12-24-16-10-5-4-9-15(16)18(22)19-13-7-6-8-14(11-13)23-3/h4-11H,12H2,1-3H3,(H,19,22). The summed E-state index contributed by atoms with van der Waals surface area (Å²) >= 11 is 3.00. The van der Waals surface area contributed by atoms with Crippen molar-refractivity contribution in [1.82, 2.24) is 4.90 Å². The van der Waals surface area contributed by atoms with Gasteiger partial charge in [-0.3, -0.25) is 9.59 Å². The largest absolute Gasteiger partial charge is 0.348 e. The summed E-state index contributed by atoms with van der Waals surface area (Å²) in [5.41, 5.74) is 1.33. The molecule has 2 amide bonds. The lowest BCUT2D eigenvalue weighted by Crippen LogP contribution is -2.23. The van der Waals surface area contributed by atoms with Crippen LogP contribution in [0, 0.1) is 0 Å². The van der Waals surface area contributed by atoms with Gasteiger partial charge in [-0.25, -0.2) is 0 Å². The lowest BCUT2D eigenvalue weighted by molar-refractivity contribution is -0.125. The molecule has 2 rings (SSSR count). The molecule has 1 N–H and O–H groups in total. The molecular formula is C18H20N2O2S2. The zero-order valence-corrected chi connectivity index (χ0v) is 15.5. The van der Waals surface area contributed by atoms with Gasteiger partial charge in [0, 0.05) is 29.6 Å². The second kappa shape index (κ2) is 8.80. The van der Waals surface area contributed by atoms with Gasteiger partial charge in [0.25, 0.3) is 5.91 Å². The molecule has 0 bridgehead atoms. The molecule has 6 heteroatoms. The number of benzene rings is 2. The number of thioether (sulfide) groups is 2. The Labute approximate surface area is 151 Å². The Balaban J connectivity index is 2.12. The lowest BCUT2D eigenvalue weighted by atomic mass is 10.2. The van der Waals surface area contributed by atoms with Crippen LogP contribution in [0.2, 0.25) is 0 Å². The molecule has 0 saturated carbocycles. The summed E-state index contributed by atoms with van der Waals surface area (Å²) in [7, 11) is 3.44. The Morgan fingerprint density at radius 2 is 1.83 bits per heavy atom. The van der Waals surface area contributed by atoms with Crippen LogP contribution in [0.5, 0.6) is 0 Å². The highest BCUT2D eigenvalue weighted by Crippen LogP contribution is 2.25. The SMILES string of the molecule is CSc1cccc(NC(=O)c2ccccc2SCC(=O)N(C)C)c1. The third kappa shape index (κ3) is 5.04. The molecule has 24 heavy (non-hydrogen) atoms. The molecule has 0 heterocycles. The van der Waals surface area contributed by atoms with Gasteiger partial charge in [-0.1, -0.05) is 18.2 Å². The summed E-state index contributed by atoms with van der Waals surface area (Å²) in [6.07, 6.45) is 1.99. The van der Waals surface area contributed by atoms with Crippen LogP contribution in [-0.2, 0) is 4.79 Å². The van der Waals surface area contributed by atoms with Crippen LogP contribution in [0.25, 0.3) is 0 Å². The molecular weight excluding hydrogens is 340 g/mol. The van der Waals surface area contributed by atoms with Crippen molar-refractivity contribution in [1.29, 1.82) is 0 Å². The van der Waals surface area contributed by atoms with Crippen LogP contribution in [0.15, 0.2) is 58.3 Å². The van der Waals surface area contributed by atoms with Gasteiger partial charge < -0.3 is 10.2 Å². The Hall–Kier alpha value is -1.92. The number of anilines is 1. The fourth-order valence-corrected chi connectivity index (χ4v) is 3.44. The number of hydrogen-bond acceptors (Lipinski definition) is 4. The average molecular weight is 361 g/mol. The number of nitrogens with one attached hydrogen (secondary N) is 1. The number of nitrogens with zero attached hydrogens (tertiary/aromatic N) is 1. The molecule has 0 spiro atoms. The molecule has 0 aliphatic heterocycles. The molecule has 0 fully saturated rings. The monoisotopic (exact) mass is 360 g/mol. The van der Waals surface area contributed by atoms with Gasteiger partial charge >= 0.3 is 0 Å². The van der Waals surface area contributed by atoms with Crippen LogP contribution in [0.3, 0.4) is 0 Å². The van der Waals surface area contributed by atoms with Crippen LogP contribution >= 0.6 is 23.5 Å². The number of rotatable bonds is 6. The fourth-order valence-electron chi connectivity index (χ4n) is 1.95. The molecule has 0 unspecified atom stereocenters. The molecule has 4 nitrogen and oxygen atoms in total. The second-order valence-corrected chi connectivity index (χ2v) is 7.16. The van der Waals surface area contributed by atoms with E-state index in [0.29, 0.717) is 11.3 Å². The first-order chi connectivity index (χ1) is 11.5. The van der Waals surface area contributed by atoms with Crippen molar-refractivity contribution in [2.75, 3.05) is 31.4 Å². The Kier molecular flexibility index (Phi) is 6.75. The van der Waals surface area contributed by atoms with Gasteiger partial charge in [0.05, 0.1) is 11.3 Å². The van der Waals surface area contributed by atoms with Crippen molar-refractivity contribution >= 4 is 41.0 Å². The first-order valence-electron chi connectivity index (χ1n) is 7.38. The molecule has 0 saturated heterocycles. The highest BCUT2D eigenvalue weighted by molar-refractivity contribution is 8.00. The minimum atomic E-state index is -0.173. The maximum atomic E-state index is 12.6. The van der Waals surface area contributed by atoms with Crippen molar-refractivity contribution < 1.29 is 9.59 Å². The highest BCUT2D eigenvalue weighted by atomic mass is 32.2. The smallest absolute Gasteiger partial charge is 0.256 e. The molecule has 126 valence electrons. The Morgan fingerprint density at radius 1 is 1.08 bits per heavy atom. The molecule has 2 aromatic carbocycles. The zero-order valence-electron chi connectivity index (χ0n) is 13.9. The van der Waals surface area contributed by atoms with Gasteiger partial charge in [0.15, 0.2) is 0 Å². The quantitative estimate of drug-likeness (QED) is 0.795. The summed E-state index contributed by atoms with van der Waals surface area (Å²) in [5.74, 6) is 0.149. The fraction of sp³-hybridized carbons (Fsp3) is 0.222. The molecule has 0 radical (unpaired) electrons. The average Bonchev–Trinajstić information content (AvgIpc) is 2.59. The first-order valence-corrected chi connectivity index (χ1v) is 9.59. The summed E-state index contributed by atoms with van der Waals surface area (Å²) in [6.45, 7) is 0. The normalized spacial score (nSPS) is 10.3. The molecule has 0 aliphatic carbocycles. The Bertz CT molecular complexity index is 732. The van der Waals surface area contributed by atoms with Crippen LogP contribution < -0.4 is 5.32 Å². The summed E-state index contributed by atoms with van der Waals surface area (Å²) < 4.78 is 0. The van der Waals surface area contributed by atoms with Crippen LogP contribution in [0.4, 0.5) is 5.69 Å². The van der Waals surface area contributed by atoms with Gasteiger partial charge in [-0.05, 0) is 36.6 Å². The molecule has 0 atom stereocenters. The van der Waals surface area contributed by atoms with Crippen molar-refractivity contribution in [2.24, 2.45) is 0 Å². The van der Waals surface area contributed by atoms with E-state index < -0.39 is 0 Å². The lowest BCUT2D eigenvalue weighted by Gasteiger charge is -2.12. The van der Waals surface area contributed by atoms with Crippen LogP contribution in [-0.4, -0.2) is 42.8 Å². The maximum Gasteiger partial charge on any atom is 0.256 e. The van der Waals surface area contributed by atoms with Crippen molar-refractivity contribution in [3.63, 3.8) is 0 Å². The molecule has 0 aliphatic rings. The van der Waals surface area contributed by atoms with Crippen molar-refractivity contribution in [2.45, 2.75) is 9.79 Å². The van der Waals surface area contributed by atoms with E-state index in [2.05, 4.69) is 5.32 Å². The van der Waals surface area contributed by atoms with E-state index in [4.69, 9.17) is 0 Å². The summed E-state index contributed by atoms with van der Waals surface area (Å²) in [4.78, 5) is 27.8. The topological polar surface area (TPSA) is 49.4 Å². The number of carbonyl (C=O) groups excluding carboxylic acids is 2. The minimum absolute atomic E-state index is 0.0166. The number of amides is 2. The van der Waals surface area contributed by atoms with E-state index >= 15 is 0 Å². The zero-order chi connectivity index (χ0) is 17.5. The first kappa shape index (κ1) is 18.4. The van der Waals surface area contributed by atoms with Gasteiger partial charge in [0.2, 0.25) is 5.91 Å². The minimum Gasteiger partial charge on any atom is -0.348 e. The van der Waals surface area contributed by atoms with E-state index in [1.165, 1.54) is 11.8 Å². The van der Waals surface area contributed by atoms with Gasteiger partial charge in [-0.15, -0.1) is 23.5 Å². The van der Waals surface area contributed by atoms with Crippen molar-refractivity contribution in [3.05, 3.63) is 54.1 Å².